The fourth-order valence-electron chi connectivity index (χ4n) is 6.98. The summed E-state index contributed by atoms with van der Waals surface area (Å²) in [5.41, 5.74) is 9.93. The van der Waals surface area contributed by atoms with Crippen LogP contribution in [0.1, 0.15) is 0 Å². The third-order valence-corrected chi connectivity index (χ3v) is 9.73. The first-order valence-electron chi connectivity index (χ1n) is 17.6. The summed E-state index contributed by atoms with van der Waals surface area (Å²) in [5.74, 6) is 1.83. The summed E-state index contributed by atoms with van der Waals surface area (Å²) in [5, 5.41) is 14.1. The van der Waals surface area contributed by atoms with Crippen LogP contribution in [-0.4, -0.2) is 29.9 Å². The average Bonchev–Trinajstić information content (AvgIpc) is 3.69. The summed E-state index contributed by atoms with van der Waals surface area (Å²) in [4.78, 5) is 17.0. The van der Waals surface area contributed by atoms with Gasteiger partial charge in [0.15, 0.2) is 17.5 Å². The quantitative estimate of drug-likeness (QED) is 0.164. The van der Waals surface area contributed by atoms with Gasteiger partial charge in [0.2, 0.25) is 0 Å². The van der Waals surface area contributed by atoms with Crippen LogP contribution in [0, 0.1) is 0 Å². The standard InChI is InChI=1S/C47H30N6/c1-4-10-31(11-5-1)33-16-23-37(24-17-33)45-48-46(38-25-18-34(19-26-38)32-12-6-2-7-13-32)50-47(49-45)39-27-21-35-20-22-36-28-29-42-44(43(36)41(35)30-39)52-53(51-42)40-14-8-3-9-15-40/h1-30H. The first kappa shape index (κ1) is 30.5. The van der Waals surface area contributed by atoms with Crippen molar-refractivity contribution >= 4 is 32.6 Å². The number of fused-ring (bicyclic) bond motifs is 5. The molecule has 8 aromatic carbocycles. The molecule has 10 rings (SSSR count). The largest absolute Gasteiger partial charge is 0.208 e. The summed E-state index contributed by atoms with van der Waals surface area (Å²) >= 11 is 0. The molecule has 0 aliphatic carbocycles. The number of hydrogen-bond acceptors (Lipinski definition) is 5. The van der Waals surface area contributed by atoms with Gasteiger partial charge in [-0.2, -0.15) is 4.80 Å². The Bertz CT molecular complexity index is 2800. The van der Waals surface area contributed by atoms with Crippen LogP contribution in [0.5, 0.6) is 0 Å². The van der Waals surface area contributed by atoms with Crippen molar-refractivity contribution in [1.29, 1.82) is 0 Å². The highest BCUT2D eigenvalue weighted by atomic mass is 15.5. The molecule has 0 radical (unpaired) electrons. The Hall–Kier alpha value is -7.31. The van der Waals surface area contributed by atoms with E-state index in [2.05, 4.69) is 133 Å². The van der Waals surface area contributed by atoms with E-state index in [1.807, 2.05) is 48.5 Å². The van der Waals surface area contributed by atoms with Crippen molar-refractivity contribution in [2.75, 3.05) is 0 Å². The van der Waals surface area contributed by atoms with E-state index in [0.29, 0.717) is 17.5 Å². The predicted molar refractivity (Wildman–Crippen MR) is 214 cm³/mol. The smallest absolute Gasteiger partial charge is 0.164 e. The summed E-state index contributed by atoms with van der Waals surface area (Å²) in [7, 11) is 0. The van der Waals surface area contributed by atoms with Gasteiger partial charge < -0.3 is 0 Å². The molecule has 2 aromatic heterocycles. The third-order valence-electron chi connectivity index (χ3n) is 9.73. The molecule has 0 aliphatic heterocycles. The van der Waals surface area contributed by atoms with E-state index in [9.17, 15) is 0 Å². The van der Waals surface area contributed by atoms with Crippen molar-refractivity contribution in [3.8, 4) is 62.1 Å². The van der Waals surface area contributed by atoms with Crippen molar-refractivity contribution < 1.29 is 0 Å². The highest BCUT2D eigenvalue weighted by Crippen LogP contribution is 2.35. The minimum Gasteiger partial charge on any atom is -0.208 e. The van der Waals surface area contributed by atoms with E-state index in [-0.39, 0.29) is 0 Å². The Balaban J connectivity index is 1.13. The number of aromatic nitrogens is 6. The molecule has 2 heterocycles. The van der Waals surface area contributed by atoms with Crippen molar-refractivity contribution in [2.45, 2.75) is 0 Å². The van der Waals surface area contributed by atoms with Gasteiger partial charge in [0.05, 0.1) is 5.69 Å². The molecule has 0 unspecified atom stereocenters. The lowest BCUT2D eigenvalue weighted by Crippen LogP contribution is -2.00. The number of rotatable bonds is 6. The minimum absolute atomic E-state index is 0.600. The Morgan fingerprint density at radius 2 is 0.774 bits per heavy atom. The summed E-state index contributed by atoms with van der Waals surface area (Å²) in [6.07, 6.45) is 0. The lowest BCUT2D eigenvalue weighted by Gasteiger charge is -2.11. The maximum atomic E-state index is 5.11. The number of para-hydroxylation sites is 1. The molecular weight excluding hydrogens is 649 g/mol. The van der Waals surface area contributed by atoms with Crippen molar-refractivity contribution in [1.82, 2.24) is 29.9 Å². The zero-order valence-electron chi connectivity index (χ0n) is 28.5. The molecule has 0 bridgehead atoms. The van der Waals surface area contributed by atoms with Gasteiger partial charge >= 0.3 is 0 Å². The van der Waals surface area contributed by atoms with Crippen LogP contribution >= 0.6 is 0 Å². The second-order valence-corrected chi connectivity index (χ2v) is 13.1. The maximum absolute atomic E-state index is 5.11. The van der Waals surface area contributed by atoms with Crippen LogP contribution in [-0.2, 0) is 0 Å². The van der Waals surface area contributed by atoms with Gasteiger partial charge in [-0.1, -0.05) is 158 Å². The van der Waals surface area contributed by atoms with E-state index in [1.165, 1.54) is 0 Å². The summed E-state index contributed by atoms with van der Waals surface area (Å²) < 4.78 is 0. The van der Waals surface area contributed by atoms with Crippen LogP contribution in [0.4, 0.5) is 0 Å². The van der Waals surface area contributed by atoms with Gasteiger partial charge in [0.25, 0.3) is 0 Å². The molecule has 0 aliphatic rings. The fourth-order valence-corrected chi connectivity index (χ4v) is 6.98. The molecule has 53 heavy (non-hydrogen) atoms. The van der Waals surface area contributed by atoms with Gasteiger partial charge in [-0.25, -0.2) is 15.0 Å². The number of benzene rings is 8. The first-order valence-corrected chi connectivity index (χ1v) is 17.6. The highest BCUT2D eigenvalue weighted by Gasteiger charge is 2.16. The third kappa shape index (κ3) is 5.69. The van der Waals surface area contributed by atoms with Gasteiger partial charge in [-0.15, -0.1) is 10.2 Å². The molecule has 10 aromatic rings. The van der Waals surface area contributed by atoms with E-state index in [4.69, 9.17) is 25.1 Å². The van der Waals surface area contributed by atoms with Crippen LogP contribution < -0.4 is 0 Å². The SMILES string of the molecule is c1ccc(-c2ccc(-c3nc(-c4ccc(-c5ccccc5)cc4)nc(-c4ccc5ccc6ccc7nn(-c8ccccc8)nc7c6c5c4)n3)cc2)cc1. The normalized spacial score (nSPS) is 11.4. The van der Waals surface area contributed by atoms with Gasteiger partial charge in [-0.05, 0) is 62.7 Å². The van der Waals surface area contributed by atoms with Gasteiger partial charge in [-0.3, -0.25) is 0 Å². The molecule has 0 atom stereocenters. The van der Waals surface area contributed by atoms with Crippen molar-refractivity contribution in [2.24, 2.45) is 0 Å². The zero-order valence-corrected chi connectivity index (χ0v) is 28.5. The molecule has 6 nitrogen and oxygen atoms in total. The summed E-state index contributed by atoms with van der Waals surface area (Å²) in [6, 6.07) is 62.5. The Labute approximate surface area is 305 Å². The topological polar surface area (TPSA) is 69.4 Å². The lowest BCUT2D eigenvalue weighted by molar-refractivity contribution is 0.766. The van der Waals surface area contributed by atoms with Crippen LogP contribution in [0.25, 0.3) is 94.7 Å². The zero-order chi connectivity index (χ0) is 35.1. The minimum atomic E-state index is 0.600. The number of hydrogen-bond donors (Lipinski definition) is 0. The molecule has 0 saturated carbocycles. The maximum Gasteiger partial charge on any atom is 0.164 e. The lowest BCUT2D eigenvalue weighted by atomic mass is 9.98. The van der Waals surface area contributed by atoms with Crippen LogP contribution in [0.3, 0.4) is 0 Å². The molecular formula is C47H30N6. The van der Waals surface area contributed by atoms with E-state index >= 15 is 0 Å². The van der Waals surface area contributed by atoms with E-state index in [0.717, 1.165) is 77.2 Å². The molecule has 248 valence electrons. The second kappa shape index (κ2) is 12.8. The Morgan fingerprint density at radius 1 is 0.340 bits per heavy atom. The van der Waals surface area contributed by atoms with E-state index in [1.54, 1.807) is 4.80 Å². The van der Waals surface area contributed by atoms with Crippen LogP contribution in [0.2, 0.25) is 0 Å². The second-order valence-electron chi connectivity index (χ2n) is 13.1. The van der Waals surface area contributed by atoms with Gasteiger partial charge in [0.1, 0.15) is 11.0 Å². The average molecular weight is 679 g/mol. The highest BCUT2D eigenvalue weighted by molar-refractivity contribution is 6.18. The predicted octanol–water partition coefficient (Wildman–Crippen LogP) is 11.2. The van der Waals surface area contributed by atoms with E-state index < -0.39 is 0 Å². The molecule has 6 heteroatoms. The van der Waals surface area contributed by atoms with Crippen molar-refractivity contribution in [3.63, 3.8) is 0 Å². The Kier molecular flexibility index (Phi) is 7.36. The molecule has 0 N–H and O–H groups in total. The van der Waals surface area contributed by atoms with Crippen molar-refractivity contribution in [3.05, 3.63) is 182 Å². The monoisotopic (exact) mass is 678 g/mol. The fraction of sp³-hybridized carbons (Fsp3) is 0. The molecule has 0 saturated heterocycles. The number of nitrogens with zero attached hydrogens (tertiary/aromatic N) is 6. The molecule has 0 amide bonds. The Morgan fingerprint density at radius 3 is 1.36 bits per heavy atom. The summed E-state index contributed by atoms with van der Waals surface area (Å²) in [6.45, 7) is 0. The molecule has 0 spiro atoms. The van der Waals surface area contributed by atoms with Crippen LogP contribution in [0.15, 0.2) is 182 Å². The first-order chi connectivity index (χ1) is 26.2. The van der Waals surface area contributed by atoms with Gasteiger partial charge in [0, 0.05) is 22.1 Å². The molecule has 0 fully saturated rings.